The van der Waals surface area contributed by atoms with Crippen LogP contribution in [-0.4, -0.2) is 59.9 Å². The molecule has 0 spiro atoms. The average molecular weight is 457 g/mol. The summed E-state index contributed by atoms with van der Waals surface area (Å²) in [5.74, 6) is -0.605. The minimum atomic E-state index is -0.632. The van der Waals surface area contributed by atoms with Gasteiger partial charge >= 0.3 is 0 Å². The topological polar surface area (TPSA) is 70.1 Å². The lowest BCUT2D eigenvalue weighted by Gasteiger charge is -2.28. The number of methoxy groups -OCH3 is 1. The van der Waals surface area contributed by atoms with Crippen molar-refractivity contribution in [3.05, 3.63) is 56.3 Å². The molecule has 1 atom stereocenters. The fraction of sp³-hybridized carbons (Fsp3) is 0.440. The second-order valence-electron chi connectivity index (χ2n) is 8.12. The van der Waals surface area contributed by atoms with Crippen molar-refractivity contribution in [1.29, 1.82) is 0 Å². The quantitative estimate of drug-likeness (QED) is 0.361. The van der Waals surface area contributed by atoms with E-state index in [1.807, 2.05) is 44.4 Å². The zero-order chi connectivity index (χ0) is 23.6. The Morgan fingerprint density at radius 3 is 2.38 bits per heavy atom. The van der Waals surface area contributed by atoms with Crippen LogP contribution in [0.25, 0.3) is 5.76 Å². The zero-order valence-electron chi connectivity index (χ0n) is 19.7. The van der Waals surface area contributed by atoms with Crippen molar-refractivity contribution < 1.29 is 19.4 Å². The lowest BCUT2D eigenvalue weighted by atomic mass is 9.95. The van der Waals surface area contributed by atoms with E-state index in [1.54, 1.807) is 12.0 Å². The van der Waals surface area contributed by atoms with Crippen LogP contribution in [0.4, 0.5) is 0 Å². The first-order valence-electron chi connectivity index (χ1n) is 10.9. The minimum Gasteiger partial charge on any atom is -0.507 e. The van der Waals surface area contributed by atoms with Gasteiger partial charge in [0.1, 0.15) is 11.5 Å². The predicted molar refractivity (Wildman–Crippen MR) is 128 cm³/mol. The number of ketones is 1. The Kier molecular flexibility index (Phi) is 7.41. The largest absolute Gasteiger partial charge is 0.507 e. The smallest absolute Gasteiger partial charge is 0.295 e. The highest BCUT2D eigenvalue weighted by atomic mass is 32.1. The normalized spacial score (nSPS) is 18.1. The number of hydrogen-bond donors (Lipinski definition) is 1. The molecular formula is C25H32N2O4S. The van der Waals surface area contributed by atoms with Gasteiger partial charge in [-0.25, -0.2) is 0 Å². The molecule has 0 saturated carbocycles. The number of rotatable bonds is 8. The summed E-state index contributed by atoms with van der Waals surface area (Å²) in [5, 5.41) is 13.3. The van der Waals surface area contributed by atoms with E-state index in [-0.39, 0.29) is 11.3 Å². The van der Waals surface area contributed by atoms with Crippen molar-refractivity contribution in [2.45, 2.75) is 40.7 Å². The van der Waals surface area contributed by atoms with Gasteiger partial charge in [-0.15, -0.1) is 11.3 Å². The number of carbonyl (C=O) groups is 2. The Labute approximate surface area is 194 Å². The van der Waals surface area contributed by atoms with E-state index in [4.69, 9.17) is 4.74 Å². The van der Waals surface area contributed by atoms with Gasteiger partial charge < -0.3 is 19.6 Å². The molecule has 1 aromatic heterocycles. The maximum atomic E-state index is 13.2. The van der Waals surface area contributed by atoms with Crippen molar-refractivity contribution in [1.82, 2.24) is 9.80 Å². The van der Waals surface area contributed by atoms with Gasteiger partial charge in [0.25, 0.3) is 11.7 Å². The fourth-order valence-corrected chi connectivity index (χ4v) is 5.29. The molecular weight excluding hydrogens is 424 g/mol. The molecule has 1 aliphatic rings. The van der Waals surface area contributed by atoms with Crippen molar-refractivity contribution in [3.8, 4) is 5.75 Å². The van der Waals surface area contributed by atoms with E-state index >= 15 is 0 Å². The Morgan fingerprint density at radius 2 is 1.81 bits per heavy atom. The first-order valence-corrected chi connectivity index (χ1v) is 11.8. The molecule has 1 aromatic carbocycles. The van der Waals surface area contributed by atoms with Crippen molar-refractivity contribution in [2.24, 2.45) is 0 Å². The summed E-state index contributed by atoms with van der Waals surface area (Å²) in [4.78, 5) is 31.1. The molecule has 1 saturated heterocycles. The van der Waals surface area contributed by atoms with E-state index in [1.165, 1.54) is 11.3 Å². The van der Waals surface area contributed by atoms with E-state index in [0.29, 0.717) is 24.4 Å². The van der Waals surface area contributed by atoms with E-state index in [9.17, 15) is 14.7 Å². The number of hydrogen-bond acceptors (Lipinski definition) is 6. The first-order chi connectivity index (χ1) is 15.2. The van der Waals surface area contributed by atoms with Crippen molar-refractivity contribution in [3.63, 3.8) is 0 Å². The fourth-order valence-electron chi connectivity index (χ4n) is 4.25. The second kappa shape index (κ2) is 9.88. The molecule has 1 aliphatic heterocycles. The molecule has 7 heteroatoms. The van der Waals surface area contributed by atoms with Crippen LogP contribution in [0.3, 0.4) is 0 Å². The third kappa shape index (κ3) is 4.32. The summed E-state index contributed by atoms with van der Waals surface area (Å²) in [7, 11) is 1.60. The molecule has 0 radical (unpaired) electrons. The van der Waals surface area contributed by atoms with Gasteiger partial charge in [-0.2, -0.15) is 0 Å². The van der Waals surface area contributed by atoms with Crippen LogP contribution >= 0.6 is 11.3 Å². The highest BCUT2D eigenvalue weighted by Gasteiger charge is 2.47. The van der Waals surface area contributed by atoms with Crippen molar-refractivity contribution in [2.75, 3.05) is 33.3 Å². The van der Waals surface area contributed by atoms with Crippen LogP contribution in [0.2, 0.25) is 0 Å². The highest BCUT2D eigenvalue weighted by Crippen LogP contribution is 2.43. The number of aliphatic hydroxyl groups excluding tert-OH is 1. The summed E-state index contributed by atoms with van der Waals surface area (Å²) in [6.07, 6.45) is 0. The number of ether oxygens (including phenoxy) is 1. The SMILES string of the molecule is CCN(CC)CCN1C(=O)C(=O)/C(=C(/O)c2cc(C)c(OC)cc2C)C1c1sccc1C. The Hall–Kier alpha value is -2.64. The molecule has 172 valence electrons. The number of carbonyl (C=O) groups excluding carboxylic acids is 2. The third-order valence-corrected chi connectivity index (χ3v) is 7.31. The maximum Gasteiger partial charge on any atom is 0.295 e. The van der Waals surface area contributed by atoms with Gasteiger partial charge in [0.2, 0.25) is 0 Å². The molecule has 2 aromatic rings. The standard InChI is InChI=1S/C25H32N2O4S/c1-7-26(8-2)10-11-27-21(24-15(3)9-12-32-24)20(23(29)25(27)30)22(28)18-13-17(5)19(31-6)14-16(18)4/h9,12-14,21,28H,7-8,10-11H2,1-6H3/b22-20+. The van der Waals surface area contributed by atoms with Gasteiger partial charge in [0, 0.05) is 23.5 Å². The van der Waals surface area contributed by atoms with Crippen LogP contribution in [0.1, 0.15) is 47.0 Å². The molecule has 0 bridgehead atoms. The second-order valence-corrected chi connectivity index (χ2v) is 9.07. The van der Waals surface area contributed by atoms with E-state index < -0.39 is 17.7 Å². The van der Waals surface area contributed by atoms with E-state index in [0.717, 1.165) is 34.7 Å². The maximum absolute atomic E-state index is 13.2. The van der Waals surface area contributed by atoms with Crippen LogP contribution in [0, 0.1) is 20.8 Å². The Morgan fingerprint density at radius 1 is 1.12 bits per heavy atom. The number of likely N-dealkylation sites (tertiary alicyclic amines) is 1. The summed E-state index contributed by atoms with van der Waals surface area (Å²) < 4.78 is 5.38. The molecule has 32 heavy (non-hydrogen) atoms. The van der Waals surface area contributed by atoms with Crippen molar-refractivity contribution >= 4 is 28.8 Å². The predicted octanol–water partition coefficient (Wildman–Crippen LogP) is 4.45. The lowest BCUT2D eigenvalue weighted by molar-refractivity contribution is -0.140. The number of aryl methyl sites for hydroxylation is 3. The Bertz CT molecular complexity index is 1050. The van der Waals surface area contributed by atoms with Gasteiger partial charge in [-0.3, -0.25) is 9.59 Å². The molecule has 3 rings (SSSR count). The highest BCUT2D eigenvalue weighted by molar-refractivity contribution is 7.10. The first kappa shape index (κ1) is 24.0. The number of amides is 1. The lowest BCUT2D eigenvalue weighted by Crippen LogP contribution is -2.37. The van der Waals surface area contributed by atoms with Gasteiger partial charge in [-0.1, -0.05) is 13.8 Å². The molecule has 1 unspecified atom stereocenters. The van der Waals surface area contributed by atoms with Gasteiger partial charge in [0.15, 0.2) is 0 Å². The van der Waals surface area contributed by atoms with Crippen LogP contribution < -0.4 is 4.74 Å². The molecule has 1 fully saturated rings. The average Bonchev–Trinajstić information content (AvgIpc) is 3.30. The van der Waals surface area contributed by atoms with Gasteiger partial charge in [-0.05, 0) is 74.1 Å². The van der Waals surface area contributed by atoms with Crippen LogP contribution in [0.5, 0.6) is 5.75 Å². The third-order valence-electron chi connectivity index (χ3n) is 6.24. The van der Waals surface area contributed by atoms with Gasteiger partial charge in [0.05, 0.1) is 18.7 Å². The van der Waals surface area contributed by atoms with E-state index in [2.05, 4.69) is 18.7 Å². The number of Topliss-reactive ketones (excluding diaryl/α,β-unsaturated/α-hetero) is 1. The summed E-state index contributed by atoms with van der Waals surface area (Å²) in [6.45, 7) is 12.7. The monoisotopic (exact) mass is 456 g/mol. The minimum absolute atomic E-state index is 0.130. The number of benzene rings is 1. The summed E-state index contributed by atoms with van der Waals surface area (Å²) in [5.41, 5.74) is 3.33. The molecule has 0 aliphatic carbocycles. The van der Waals surface area contributed by atoms with Crippen LogP contribution in [-0.2, 0) is 9.59 Å². The number of thiophene rings is 1. The molecule has 6 nitrogen and oxygen atoms in total. The molecule has 1 amide bonds. The zero-order valence-corrected chi connectivity index (χ0v) is 20.5. The number of nitrogens with zero attached hydrogens (tertiary/aromatic N) is 2. The molecule has 1 N–H and O–H groups in total. The summed E-state index contributed by atoms with van der Waals surface area (Å²) >= 11 is 1.51. The summed E-state index contributed by atoms with van der Waals surface area (Å²) in [6, 6.07) is 5.04. The Balaban J connectivity index is 2.15. The molecule has 2 heterocycles. The number of likely N-dealkylation sites (N-methyl/N-ethyl adjacent to an activating group) is 1. The van der Waals surface area contributed by atoms with Crippen LogP contribution in [0.15, 0.2) is 29.2 Å². The number of aliphatic hydroxyl groups is 1.